The Labute approximate surface area is 97.2 Å². The molecule has 0 radical (unpaired) electrons. The number of thiazole rings is 1. The van der Waals surface area contributed by atoms with Crippen molar-refractivity contribution in [2.45, 2.75) is 0 Å². The van der Waals surface area contributed by atoms with Crippen LogP contribution in [0.2, 0.25) is 0 Å². The minimum atomic E-state index is -3.26. The summed E-state index contributed by atoms with van der Waals surface area (Å²) in [7, 11) is -3.26. The first-order chi connectivity index (χ1) is 7.54. The van der Waals surface area contributed by atoms with Crippen LogP contribution in [0.5, 0.6) is 0 Å². The minimum Gasteiger partial charge on any atom is -0.264 e. The maximum absolute atomic E-state index is 11.0. The van der Waals surface area contributed by atoms with Crippen LogP contribution < -0.4 is 4.72 Å². The molecule has 0 saturated heterocycles. The van der Waals surface area contributed by atoms with Crippen molar-refractivity contribution >= 4 is 26.5 Å². The molecule has 0 amide bonds. The first kappa shape index (κ1) is 11.0. The Balaban J connectivity index is 2.27. The molecule has 5 nitrogen and oxygen atoms in total. The molecule has 0 aliphatic heterocycles. The fourth-order valence-corrected chi connectivity index (χ4v) is 2.70. The molecule has 84 valence electrons. The van der Waals surface area contributed by atoms with Crippen LogP contribution >= 0.6 is 11.3 Å². The van der Waals surface area contributed by atoms with Gasteiger partial charge in [0.25, 0.3) is 0 Å². The predicted octanol–water partition coefficient (Wildman–Crippen LogP) is 1.58. The molecule has 7 heteroatoms. The van der Waals surface area contributed by atoms with Crippen LogP contribution in [0, 0.1) is 0 Å². The Hall–Kier alpha value is -1.47. The zero-order chi connectivity index (χ0) is 11.6. The average molecular weight is 255 g/mol. The largest absolute Gasteiger partial charge is 0.264 e. The van der Waals surface area contributed by atoms with Crippen LogP contribution in [0.25, 0.3) is 11.3 Å². The number of nitrogens with zero attached hydrogens (tertiary/aromatic N) is 2. The molecular formula is C9H9N3O2S2. The lowest BCUT2D eigenvalue weighted by Crippen LogP contribution is -2.08. The maximum Gasteiger partial charge on any atom is 0.231 e. The molecule has 2 heterocycles. The Morgan fingerprint density at radius 2 is 2.25 bits per heavy atom. The van der Waals surface area contributed by atoms with Crippen molar-refractivity contribution in [1.29, 1.82) is 0 Å². The summed E-state index contributed by atoms with van der Waals surface area (Å²) in [6.45, 7) is 0. The molecule has 0 unspecified atom stereocenters. The van der Waals surface area contributed by atoms with Gasteiger partial charge in [0.1, 0.15) is 0 Å². The van der Waals surface area contributed by atoms with E-state index in [1.54, 1.807) is 23.8 Å². The van der Waals surface area contributed by atoms with Gasteiger partial charge in [0.2, 0.25) is 10.0 Å². The fourth-order valence-electron chi connectivity index (χ4n) is 1.13. The second-order valence-corrected chi connectivity index (χ2v) is 5.76. The van der Waals surface area contributed by atoms with Gasteiger partial charge in [-0.25, -0.2) is 13.4 Å². The first-order valence-electron chi connectivity index (χ1n) is 4.38. The van der Waals surface area contributed by atoms with Gasteiger partial charge in [-0.2, -0.15) is 0 Å². The average Bonchev–Trinajstić information content (AvgIpc) is 2.65. The summed E-state index contributed by atoms with van der Waals surface area (Å²) in [4.78, 5) is 8.12. The molecule has 16 heavy (non-hydrogen) atoms. The molecule has 0 spiro atoms. The van der Waals surface area contributed by atoms with E-state index in [2.05, 4.69) is 14.7 Å². The van der Waals surface area contributed by atoms with Gasteiger partial charge >= 0.3 is 0 Å². The Kier molecular flexibility index (Phi) is 2.88. The van der Waals surface area contributed by atoms with E-state index in [0.29, 0.717) is 10.8 Å². The van der Waals surface area contributed by atoms with Gasteiger partial charge in [-0.05, 0) is 12.1 Å². The highest BCUT2D eigenvalue weighted by atomic mass is 32.2. The molecule has 0 aliphatic rings. The van der Waals surface area contributed by atoms with Crippen molar-refractivity contribution in [2.75, 3.05) is 11.0 Å². The number of sulfonamides is 1. The summed E-state index contributed by atoms with van der Waals surface area (Å²) in [5.74, 6) is 0. The number of anilines is 1. The highest BCUT2D eigenvalue weighted by Gasteiger charge is 2.07. The second-order valence-electron chi connectivity index (χ2n) is 3.15. The Bertz CT molecular complexity index is 578. The van der Waals surface area contributed by atoms with Crippen LogP contribution in [0.1, 0.15) is 0 Å². The van der Waals surface area contributed by atoms with E-state index in [4.69, 9.17) is 0 Å². The van der Waals surface area contributed by atoms with Crippen molar-refractivity contribution in [3.05, 3.63) is 29.9 Å². The van der Waals surface area contributed by atoms with Crippen molar-refractivity contribution < 1.29 is 8.42 Å². The van der Waals surface area contributed by atoms with E-state index in [1.807, 2.05) is 6.07 Å². The number of pyridine rings is 1. The van der Waals surface area contributed by atoms with Crippen molar-refractivity contribution in [3.63, 3.8) is 0 Å². The van der Waals surface area contributed by atoms with E-state index < -0.39 is 10.0 Å². The third-order valence-electron chi connectivity index (χ3n) is 1.73. The number of aromatic nitrogens is 2. The molecule has 2 aromatic heterocycles. The van der Waals surface area contributed by atoms with Crippen molar-refractivity contribution in [3.8, 4) is 11.3 Å². The SMILES string of the molecule is CS(=O)(=O)Nc1nc(-c2cccnc2)cs1. The summed E-state index contributed by atoms with van der Waals surface area (Å²) in [5, 5.41) is 2.14. The molecule has 0 atom stereocenters. The lowest BCUT2D eigenvalue weighted by molar-refractivity contribution is 0.607. The van der Waals surface area contributed by atoms with E-state index in [1.165, 1.54) is 11.3 Å². The summed E-state index contributed by atoms with van der Waals surface area (Å²) < 4.78 is 24.3. The highest BCUT2D eigenvalue weighted by Crippen LogP contribution is 2.24. The van der Waals surface area contributed by atoms with Crippen molar-refractivity contribution in [2.24, 2.45) is 0 Å². The first-order valence-corrected chi connectivity index (χ1v) is 7.15. The Morgan fingerprint density at radius 3 is 2.88 bits per heavy atom. The minimum absolute atomic E-state index is 0.362. The van der Waals surface area contributed by atoms with Crippen molar-refractivity contribution in [1.82, 2.24) is 9.97 Å². The van der Waals surface area contributed by atoms with Gasteiger partial charge in [0, 0.05) is 23.3 Å². The quantitative estimate of drug-likeness (QED) is 0.903. The molecule has 0 aliphatic carbocycles. The summed E-state index contributed by atoms with van der Waals surface area (Å²) in [6.07, 6.45) is 4.45. The van der Waals surface area contributed by atoms with Gasteiger partial charge in [-0.1, -0.05) is 0 Å². The van der Waals surface area contributed by atoms with Gasteiger partial charge < -0.3 is 0 Å². The van der Waals surface area contributed by atoms with Gasteiger partial charge in [-0.15, -0.1) is 11.3 Å². The molecule has 1 N–H and O–H groups in total. The smallest absolute Gasteiger partial charge is 0.231 e. The standard InChI is InChI=1S/C9H9N3O2S2/c1-16(13,14)12-9-11-8(6-15-9)7-3-2-4-10-5-7/h2-6H,1H3,(H,11,12). The molecule has 2 rings (SSSR count). The van der Waals surface area contributed by atoms with Gasteiger partial charge in [-0.3, -0.25) is 9.71 Å². The molecular weight excluding hydrogens is 246 g/mol. The lowest BCUT2D eigenvalue weighted by Gasteiger charge is -1.97. The topological polar surface area (TPSA) is 72.0 Å². The summed E-state index contributed by atoms with van der Waals surface area (Å²) in [5.41, 5.74) is 1.57. The number of rotatable bonds is 3. The molecule has 0 saturated carbocycles. The lowest BCUT2D eigenvalue weighted by atomic mass is 10.2. The van der Waals surface area contributed by atoms with E-state index in [0.717, 1.165) is 11.8 Å². The normalized spacial score (nSPS) is 11.3. The van der Waals surface area contributed by atoms with E-state index in [9.17, 15) is 8.42 Å². The van der Waals surface area contributed by atoms with E-state index in [-0.39, 0.29) is 0 Å². The summed E-state index contributed by atoms with van der Waals surface area (Å²) in [6, 6.07) is 3.67. The monoisotopic (exact) mass is 255 g/mol. The van der Waals surface area contributed by atoms with Crippen LogP contribution in [0.15, 0.2) is 29.9 Å². The number of hydrogen-bond acceptors (Lipinski definition) is 5. The zero-order valence-electron chi connectivity index (χ0n) is 8.41. The summed E-state index contributed by atoms with van der Waals surface area (Å²) >= 11 is 1.24. The third-order valence-corrected chi connectivity index (χ3v) is 3.19. The van der Waals surface area contributed by atoms with Crippen LogP contribution in [0.3, 0.4) is 0 Å². The van der Waals surface area contributed by atoms with Gasteiger partial charge in [0.15, 0.2) is 5.13 Å². The molecule has 0 bridgehead atoms. The van der Waals surface area contributed by atoms with Crippen LogP contribution in [0.4, 0.5) is 5.13 Å². The number of nitrogens with one attached hydrogen (secondary N) is 1. The van der Waals surface area contributed by atoms with Crippen LogP contribution in [-0.4, -0.2) is 24.6 Å². The third kappa shape index (κ3) is 2.77. The second kappa shape index (κ2) is 4.18. The molecule has 0 aromatic carbocycles. The van der Waals surface area contributed by atoms with Crippen LogP contribution in [-0.2, 0) is 10.0 Å². The fraction of sp³-hybridized carbons (Fsp3) is 0.111. The zero-order valence-corrected chi connectivity index (χ0v) is 10.0. The Morgan fingerprint density at radius 1 is 1.44 bits per heavy atom. The van der Waals surface area contributed by atoms with Gasteiger partial charge in [0.05, 0.1) is 11.9 Å². The molecule has 2 aromatic rings. The predicted molar refractivity (Wildman–Crippen MR) is 63.8 cm³/mol. The number of hydrogen-bond donors (Lipinski definition) is 1. The maximum atomic E-state index is 11.0. The van der Waals surface area contributed by atoms with E-state index >= 15 is 0 Å². The highest BCUT2D eigenvalue weighted by molar-refractivity contribution is 7.92. The molecule has 0 fully saturated rings.